The lowest BCUT2D eigenvalue weighted by Gasteiger charge is -2.15. The molecule has 0 saturated heterocycles. The molecule has 1 N–H and O–H groups in total. The minimum atomic E-state index is -3.94. The summed E-state index contributed by atoms with van der Waals surface area (Å²) in [6, 6.07) is 0. The first-order valence-corrected chi connectivity index (χ1v) is 7.39. The van der Waals surface area contributed by atoms with Gasteiger partial charge in [0.15, 0.2) is 9.84 Å². The second-order valence-corrected chi connectivity index (χ2v) is 6.62. The van der Waals surface area contributed by atoms with E-state index in [1.54, 1.807) is 13.8 Å². The molecule has 0 spiro atoms. The van der Waals surface area contributed by atoms with Crippen molar-refractivity contribution in [2.75, 3.05) is 19.5 Å². The van der Waals surface area contributed by atoms with Crippen LogP contribution in [0.25, 0.3) is 0 Å². The van der Waals surface area contributed by atoms with Crippen molar-refractivity contribution in [2.45, 2.75) is 13.8 Å². The molecular weight excluding hydrogens is 229 g/mol. The van der Waals surface area contributed by atoms with Crippen LogP contribution in [-0.4, -0.2) is 32.7 Å². The van der Waals surface area contributed by atoms with Crippen LogP contribution in [0.1, 0.15) is 13.8 Å². The zero-order chi connectivity index (χ0) is 11.4. The second-order valence-electron chi connectivity index (χ2n) is 2.41. The molecular formula is C6H14NO5PS. The van der Waals surface area contributed by atoms with Gasteiger partial charge in [-0.2, -0.15) is 0 Å². The van der Waals surface area contributed by atoms with E-state index >= 15 is 0 Å². The normalized spacial score (nSPS) is 12.8. The molecule has 0 aliphatic carbocycles. The molecule has 0 fully saturated rings. The van der Waals surface area contributed by atoms with Crippen LogP contribution in [0.2, 0.25) is 0 Å². The number of rotatable bonds is 5. The van der Waals surface area contributed by atoms with Crippen molar-refractivity contribution in [3.8, 4) is 0 Å². The van der Waals surface area contributed by atoms with E-state index in [-0.39, 0.29) is 13.2 Å². The Morgan fingerprint density at radius 3 is 1.86 bits per heavy atom. The number of hydrogen-bond acceptors (Lipinski definition) is 6. The molecule has 8 heteroatoms. The van der Waals surface area contributed by atoms with Gasteiger partial charge in [-0.15, -0.1) is 0 Å². The van der Waals surface area contributed by atoms with Crippen LogP contribution in [0.15, 0.2) is 0 Å². The van der Waals surface area contributed by atoms with Gasteiger partial charge in [0.1, 0.15) is 0 Å². The maximum Gasteiger partial charge on any atom is 0.390 e. The van der Waals surface area contributed by atoms with Crippen LogP contribution in [0.3, 0.4) is 0 Å². The van der Waals surface area contributed by atoms with E-state index in [1.165, 1.54) is 0 Å². The first-order valence-electron chi connectivity index (χ1n) is 3.96. The Morgan fingerprint density at radius 2 is 1.64 bits per heavy atom. The molecule has 84 valence electrons. The summed E-state index contributed by atoms with van der Waals surface area (Å²) in [5.41, 5.74) is 0. The maximum absolute atomic E-state index is 11.7. The molecule has 0 aromatic carbocycles. The highest BCUT2D eigenvalue weighted by atomic mass is 32.2. The van der Waals surface area contributed by atoms with Crippen LogP contribution >= 0.6 is 7.60 Å². The van der Waals surface area contributed by atoms with E-state index in [0.29, 0.717) is 0 Å². The molecule has 0 atom stereocenters. The summed E-state index contributed by atoms with van der Waals surface area (Å²) < 4.78 is 43.0. The molecule has 6 nitrogen and oxygen atoms in total. The molecule has 0 unspecified atom stereocenters. The zero-order valence-corrected chi connectivity index (χ0v) is 10.0. The van der Waals surface area contributed by atoms with Gasteiger partial charge in [0, 0.05) is 6.26 Å². The molecule has 0 bridgehead atoms. The molecule has 0 saturated carbocycles. The Balaban J connectivity index is 5.03. The molecule has 0 aromatic rings. The third-order valence-corrected chi connectivity index (χ3v) is 5.26. The van der Waals surface area contributed by atoms with Crippen LogP contribution in [-0.2, 0) is 23.4 Å². The van der Waals surface area contributed by atoms with E-state index in [2.05, 4.69) is 9.05 Å². The van der Waals surface area contributed by atoms with Crippen LogP contribution in [0, 0.1) is 5.41 Å². The SMILES string of the molecule is CCOP(=O)(OCC)C(=N)S(C)(=O)=O. The van der Waals surface area contributed by atoms with Crippen molar-refractivity contribution < 1.29 is 22.0 Å². The lowest BCUT2D eigenvalue weighted by molar-refractivity contribution is 0.233. The van der Waals surface area contributed by atoms with Crippen LogP contribution < -0.4 is 0 Å². The van der Waals surface area contributed by atoms with Crippen molar-refractivity contribution in [3.63, 3.8) is 0 Å². The predicted octanol–water partition coefficient (Wildman–Crippen LogP) is 1.23. The molecule has 0 rings (SSSR count). The van der Waals surface area contributed by atoms with Gasteiger partial charge in [0.2, 0.25) is 4.78 Å². The van der Waals surface area contributed by atoms with E-state index in [9.17, 15) is 13.0 Å². The Kier molecular flexibility index (Phi) is 4.94. The highest BCUT2D eigenvalue weighted by Crippen LogP contribution is 2.50. The van der Waals surface area contributed by atoms with Gasteiger partial charge in [0.05, 0.1) is 13.2 Å². The minimum Gasteiger partial charge on any atom is -0.304 e. The molecule has 14 heavy (non-hydrogen) atoms. The van der Waals surface area contributed by atoms with E-state index in [0.717, 1.165) is 6.26 Å². The highest BCUT2D eigenvalue weighted by Gasteiger charge is 2.37. The Morgan fingerprint density at radius 1 is 1.29 bits per heavy atom. The summed E-state index contributed by atoms with van der Waals surface area (Å²) in [5.74, 6) is 0. The van der Waals surface area contributed by atoms with Gasteiger partial charge < -0.3 is 9.05 Å². The van der Waals surface area contributed by atoms with Gasteiger partial charge in [-0.1, -0.05) is 0 Å². The summed E-state index contributed by atoms with van der Waals surface area (Å²) in [6.07, 6.45) is 0.792. The van der Waals surface area contributed by atoms with Crippen molar-refractivity contribution >= 4 is 22.2 Å². The Hall–Kier alpha value is -0.230. The number of nitrogens with one attached hydrogen (secondary N) is 1. The summed E-state index contributed by atoms with van der Waals surface area (Å²) in [6.45, 7) is 3.13. The average molecular weight is 243 g/mol. The van der Waals surface area contributed by atoms with Gasteiger partial charge >= 0.3 is 7.60 Å². The van der Waals surface area contributed by atoms with E-state index in [4.69, 9.17) is 5.41 Å². The molecule has 0 aromatic heterocycles. The molecule has 0 heterocycles. The third-order valence-electron chi connectivity index (χ3n) is 1.20. The monoisotopic (exact) mass is 243 g/mol. The molecule has 0 aliphatic rings. The van der Waals surface area contributed by atoms with Gasteiger partial charge in [-0.05, 0) is 13.8 Å². The number of hydrogen-bond donors (Lipinski definition) is 1. The fraction of sp³-hybridized carbons (Fsp3) is 0.833. The average Bonchev–Trinajstić information content (AvgIpc) is 2.02. The Bertz CT molecular complexity index is 339. The van der Waals surface area contributed by atoms with Crippen LogP contribution in [0.4, 0.5) is 0 Å². The largest absolute Gasteiger partial charge is 0.390 e. The van der Waals surface area contributed by atoms with E-state index < -0.39 is 22.2 Å². The standard InChI is InChI=1S/C6H14NO5PS/c1-4-11-13(8,12-5-2)6(7)14(3,9)10/h7H,4-5H2,1-3H3. The lowest BCUT2D eigenvalue weighted by Crippen LogP contribution is -2.15. The lowest BCUT2D eigenvalue weighted by atomic mass is 10.9. The summed E-state index contributed by atoms with van der Waals surface area (Å²) >= 11 is 0. The van der Waals surface area contributed by atoms with E-state index in [1.807, 2.05) is 0 Å². The Labute approximate surface area is 83.6 Å². The quantitative estimate of drug-likeness (QED) is 0.445. The van der Waals surface area contributed by atoms with Crippen molar-refractivity contribution in [3.05, 3.63) is 0 Å². The first kappa shape index (κ1) is 13.8. The minimum absolute atomic E-state index is 0.0230. The second kappa shape index (κ2) is 5.02. The molecule has 0 radical (unpaired) electrons. The molecule has 0 amide bonds. The number of sulfone groups is 1. The van der Waals surface area contributed by atoms with Gasteiger partial charge in [0.25, 0.3) is 0 Å². The topological polar surface area (TPSA) is 93.5 Å². The fourth-order valence-electron chi connectivity index (χ4n) is 0.698. The molecule has 0 aliphatic heterocycles. The van der Waals surface area contributed by atoms with Gasteiger partial charge in [-0.25, -0.2) is 8.42 Å². The van der Waals surface area contributed by atoms with Crippen molar-refractivity contribution in [1.29, 1.82) is 5.41 Å². The van der Waals surface area contributed by atoms with Crippen molar-refractivity contribution in [1.82, 2.24) is 0 Å². The van der Waals surface area contributed by atoms with Crippen LogP contribution in [0.5, 0.6) is 0 Å². The fourth-order valence-corrected chi connectivity index (χ4v) is 3.63. The third kappa shape index (κ3) is 3.49. The summed E-state index contributed by atoms with van der Waals surface area (Å²) in [4.78, 5) is -0.992. The van der Waals surface area contributed by atoms with Gasteiger partial charge in [-0.3, -0.25) is 9.97 Å². The zero-order valence-electron chi connectivity index (χ0n) is 8.31. The smallest absolute Gasteiger partial charge is 0.304 e. The summed E-state index contributed by atoms with van der Waals surface area (Å²) in [5, 5.41) is 7.20. The first-order chi connectivity index (χ1) is 6.28. The predicted molar refractivity (Wildman–Crippen MR) is 53.4 cm³/mol. The maximum atomic E-state index is 11.7. The van der Waals surface area contributed by atoms with Crippen molar-refractivity contribution in [2.24, 2.45) is 0 Å². The highest BCUT2D eigenvalue weighted by molar-refractivity contribution is 8.19. The summed E-state index contributed by atoms with van der Waals surface area (Å²) in [7, 11) is -7.77.